The van der Waals surface area contributed by atoms with Crippen molar-refractivity contribution in [2.75, 3.05) is 11.4 Å². The van der Waals surface area contributed by atoms with Gasteiger partial charge in [-0.05, 0) is 47.9 Å². The first-order valence-corrected chi connectivity index (χ1v) is 8.48. The van der Waals surface area contributed by atoms with Gasteiger partial charge in [0.1, 0.15) is 5.82 Å². The van der Waals surface area contributed by atoms with Gasteiger partial charge < -0.3 is 9.47 Å². The van der Waals surface area contributed by atoms with Gasteiger partial charge in [-0.3, -0.25) is 4.79 Å². The monoisotopic (exact) mass is 334 g/mol. The average molecular weight is 334 g/mol. The number of amides is 1. The summed E-state index contributed by atoms with van der Waals surface area (Å²) in [7, 11) is 0. The van der Waals surface area contributed by atoms with Gasteiger partial charge in [0.25, 0.3) is 0 Å². The Morgan fingerprint density at radius 2 is 1.84 bits per heavy atom. The van der Waals surface area contributed by atoms with Crippen molar-refractivity contribution < 1.29 is 9.18 Å². The number of nitrogens with zero attached hydrogens (tertiary/aromatic N) is 2. The zero-order valence-electron chi connectivity index (χ0n) is 13.8. The molecule has 1 aliphatic rings. The Morgan fingerprint density at radius 1 is 1.04 bits per heavy atom. The molecule has 1 aromatic heterocycles. The molecular weight excluding hydrogens is 315 g/mol. The van der Waals surface area contributed by atoms with Crippen molar-refractivity contribution in [1.29, 1.82) is 0 Å². The molecular formula is C21H19FN2O. The third-order valence-electron chi connectivity index (χ3n) is 4.78. The zero-order valence-corrected chi connectivity index (χ0v) is 13.8. The Labute approximate surface area is 146 Å². The first kappa shape index (κ1) is 15.6. The lowest BCUT2D eigenvalue weighted by molar-refractivity contribution is -0.119. The van der Waals surface area contributed by atoms with E-state index in [-0.39, 0.29) is 17.8 Å². The van der Waals surface area contributed by atoms with E-state index in [0.717, 1.165) is 17.7 Å². The Balaban J connectivity index is 1.62. The van der Waals surface area contributed by atoms with E-state index >= 15 is 0 Å². The number of hydrogen-bond acceptors (Lipinski definition) is 1. The Kier molecular flexibility index (Phi) is 4.10. The second-order valence-electron chi connectivity index (χ2n) is 6.33. The molecule has 1 amide bonds. The summed E-state index contributed by atoms with van der Waals surface area (Å²) in [4.78, 5) is 14.8. The van der Waals surface area contributed by atoms with Crippen LogP contribution in [0.2, 0.25) is 0 Å². The van der Waals surface area contributed by atoms with Crippen molar-refractivity contribution >= 4 is 11.6 Å². The highest BCUT2D eigenvalue weighted by Gasteiger charge is 2.27. The third-order valence-corrected chi connectivity index (χ3v) is 4.78. The van der Waals surface area contributed by atoms with Crippen LogP contribution in [0.5, 0.6) is 0 Å². The number of anilines is 1. The van der Waals surface area contributed by atoms with Crippen LogP contribution >= 0.6 is 0 Å². The van der Waals surface area contributed by atoms with Gasteiger partial charge in [0.15, 0.2) is 0 Å². The minimum Gasteiger partial charge on any atom is -0.346 e. The fourth-order valence-electron chi connectivity index (χ4n) is 3.54. The first-order chi connectivity index (χ1) is 12.2. The molecule has 0 N–H and O–H groups in total. The molecule has 4 heteroatoms. The lowest BCUT2D eigenvalue weighted by Gasteiger charge is -2.23. The number of halogens is 1. The van der Waals surface area contributed by atoms with Crippen molar-refractivity contribution in [3.8, 4) is 0 Å². The van der Waals surface area contributed by atoms with E-state index in [4.69, 9.17) is 0 Å². The second kappa shape index (κ2) is 6.55. The molecule has 126 valence electrons. The summed E-state index contributed by atoms with van der Waals surface area (Å²) in [5.74, 6) is -0.221. The summed E-state index contributed by atoms with van der Waals surface area (Å²) < 4.78 is 15.7. The van der Waals surface area contributed by atoms with Crippen molar-refractivity contribution in [3.05, 3.63) is 90.0 Å². The predicted octanol–water partition coefficient (Wildman–Crippen LogP) is 4.20. The molecule has 3 aromatic rings. The third kappa shape index (κ3) is 3.07. The van der Waals surface area contributed by atoms with Crippen LogP contribution in [0.1, 0.15) is 23.6 Å². The minimum absolute atomic E-state index is 0.0629. The number of fused-ring (bicyclic) bond motifs is 1. The molecule has 1 aliphatic heterocycles. The molecule has 3 nitrogen and oxygen atoms in total. The Hall–Kier alpha value is -2.88. The maximum atomic E-state index is 13.7. The van der Waals surface area contributed by atoms with Crippen LogP contribution in [0.15, 0.2) is 73.1 Å². The Morgan fingerprint density at radius 3 is 2.64 bits per heavy atom. The summed E-state index contributed by atoms with van der Waals surface area (Å²) in [5.41, 5.74) is 3.01. The van der Waals surface area contributed by atoms with Crippen LogP contribution in [0, 0.1) is 5.82 Å². The van der Waals surface area contributed by atoms with Crippen molar-refractivity contribution in [1.82, 2.24) is 4.57 Å². The van der Waals surface area contributed by atoms with Gasteiger partial charge >= 0.3 is 0 Å². The molecule has 2 heterocycles. The highest BCUT2D eigenvalue weighted by Crippen LogP contribution is 2.30. The zero-order chi connectivity index (χ0) is 17.2. The topological polar surface area (TPSA) is 25.2 Å². The Bertz CT molecular complexity index is 888. The summed E-state index contributed by atoms with van der Waals surface area (Å²) >= 11 is 0. The van der Waals surface area contributed by atoms with Gasteiger partial charge in [0, 0.05) is 24.6 Å². The van der Waals surface area contributed by atoms with Crippen LogP contribution < -0.4 is 4.90 Å². The molecule has 2 aromatic carbocycles. The maximum absolute atomic E-state index is 13.7. The van der Waals surface area contributed by atoms with E-state index in [1.54, 1.807) is 6.07 Å². The smallest absolute Gasteiger partial charge is 0.229 e. The SMILES string of the molecule is O=C(C[C@@H](c1cccc(F)c1)n1cccc1)N1CCc2ccccc21. The lowest BCUT2D eigenvalue weighted by atomic mass is 10.0. The number of hydrogen-bond donors (Lipinski definition) is 0. The molecule has 0 unspecified atom stereocenters. The lowest BCUT2D eigenvalue weighted by Crippen LogP contribution is -2.31. The van der Waals surface area contributed by atoms with Crippen molar-refractivity contribution in [3.63, 3.8) is 0 Å². The van der Waals surface area contributed by atoms with E-state index in [2.05, 4.69) is 6.07 Å². The van der Waals surface area contributed by atoms with Gasteiger partial charge in [0.05, 0.1) is 12.5 Å². The highest BCUT2D eigenvalue weighted by atomic mass is 19.1. The summed E-state index contributed by atoms with van der Waals surface area (Å²) in [6.07, 6.45) is 5.02. The van der Waals surface area contributed by atoms with Gasteiger partial charge in [-0.15, -0.1) is 0 Å². The van der Waals surface area contributed by atoms with Crippen LogP contribution in [0.25, 0.3) is 0 Å². The molecule has 0 bridgehead atoms. The van der Waals surface area contributed by atoms with Crippen molar-refractivity contribution in [2.24, 2.45) is 0 Å². The molecule has 0 saturated heterocycles. The van der Waals surface area contributed by atoms with Gasteiger partial charge in [-0.2, -0.15) is 0 Å². The van der Waals surface area contributed by atoms with Crippen LogP contribution in [-0.2, 0) is 11.2 Å². The van der Waals surface area contributed by atoms with E-state index in [1.807, 2.05) is 58.3 Å². The molecule has 0 fully saturated rings. The summed E-state index contributed by atoms with van der Waals surface area (Å²) in [5, 5.41) is 0. The highest BCUT2D eigenvalue weighted by molar-refractivity contribution is 5.95. The second-order valence-corrected chi connectivity index (χ2v) is 6.33. The number of benzene rings is 2. The van der Waals surface area contributed by atoms with Gasteiger partial charge in [-0.1, -0.05) is 30.3 Å². The van der Waals surface area contributed by atoms with Gasteiger partial charge in [-0.25, -0.2) is 4.39 Å². The fraction of sp³-hybridized carbons (Fsp3) is 0.190. The molecule has 0 spiro atoms. The standard InChI is InChI=1S/C21H19FN2O/c22-18-8-5-7-17(14-18)20(23-11-3-4-12-23)15-21(25)24-13-10-16-6-1-2-9-19(16)24/h1-9,11-12,14,20H,10,13,15H2/t20-/m0/s1. The molecule has 0 saturated carbocycles. The quantitative estimate of drug-likeness (QED) is 0.702. The normalized spacial score (nSPS) is 14.4. The predicted molar refractivity (Wildman–Crippen MR) is 96.1 cm³/mol. The molecule has 0 radical (unpaired) electrons. The number of carbonyl (C=O) groups excluding carboxylic acids is 1. The van der Waals surface area contributed by atoms with E-state index in [1.165, 1.54) is 17.7 Å². The largest absolute Gasteiger partial charge is 0.346 e. The summed E-state index contributed by atoms with van der Waals surface area (Å²) in [6, 6.07) is 18.1. The molecule has 4 rings (SSSR count). The van der Waals surface area contributed by atoms with Gasteiger partial charge in [0.2, 0.25) is 5.91 Å². The first-order valence-electron chi connectivity index (χ1n) is 8.48. The molecule has 25 heavy (non-hydrogen) atoms. The summed E-state index contributed by atoms with van der Waals surface area (Å²) in [6.45, 7) is 0.708. The number of aromatic nitrogens is 1. The minimum atomic E-state index is -0.284. The number of para-hydroxylation sites is 1. The number of carbonyl (C=O) groups is 1. The van der Waals surface area contributed by atoms with Crippen molar-refractivity contribution in [2.45, 2.75) is 18.9 Å². The van der Waals surface area contributed by atoms with E-state index in [9.17, 15) is 9.18 Å². The fourth-order valence-corrected chi connectivity index (χ4v) is 3.54. The molecule has 1 atom stereocenters. The van der Waals surface area contributed by atoms with E-state index in [0.29, 0.717) is 13.0 Å². The van der Waals surface area contributed by atoms with Crippen LogP contribution in [-0.4, -0.2) is 17.0 Å². The van der Waals surface area contributed by atoms with Crippen LogP contribution in [0.4, 0.5) is 10.1 Å². The maximum Gasteiger partial charge on any atom is 0.229 e. The number of rotatable bonds is 4. The van der Waals surface area contributed by atoms with Crippen LogP contribution in [0.3, 0.4) is 0 Å². The average Bonchev–Trinajstić information content (AvgIpc) is 3.29. The molecule has 0 aliphatic carbocycles. The van der Waals surface area contributed by atoms with E-state index < -0.39 is 0 Å².